The van der Waals surface area contributed by atoms with Crippen molar-refractivity contribution >= 4 is 27.4 Å². The highest BCUT2D eigenvalue weighted by atomic mass is 32.1. The smallest absolute Gasteiger partial charge is 0.147 e. The second-order valence-electron chi connectivity index (χ2n) is 6.04. The minimum atomic E-state index is 0.432. The first kappa shape index (κ1) is 12.9. The van der Waals surface area contributed by atoms with Crippen molar-refractivity contribution in [3.63, 3.8) is 0 Å². The van der Waals surface area contributed by atoms with Crippen molar-refractivity contribution in [1.29, 1.82) is 0 Å². The van der Waals surface area contributed by atoms with Crippen LogP contribution in [0.3, 0.4) is 0 Å². The van der Waals surface area contributed by atoms with Crippen LogP contribution >= 0.6 is 11.3 Å². The van der Waals surface area contributed by atoms with Gasteiger partial charge in [0.25, 0.3) is 0 Å². The molecule has 0 spiro atoms. The van der Waals surface area contributed by atoms with Gasteiger partial charge >= 0.3 is 0 Å². The summed E-state index contributed by atoms with van der Waals surface area (Å²) >= 11 is 1.74. The van der Waals surface area contributed by atoms with Crippen molar-refractivity contribution in [2.24, 2.45) is 5.41 Å². The lowest BCUT2D eigenvalue weighted by Crippen LogP contribution is -2.29. The Balaban J connectivity index is 1.78. The Hall–Kier alpha value is -1.16. The van der Waals surface area contributed by atoms with Crippen molar-refractivity contribution in [3.05, 3.63) is 17.3 Å². The molecule has 4 heteroatoms. The van der Waals surface area contributed by atoms with Gasteiger partial charge in [0.2, 0.25) is 0 Å². The Morgan fingerprint density at radius 2 is 2.05 bits per heavy atom. The van der Waals surface area contributed by atoms with E-state index >= 15 is 0 Å². The van der Waals surface area contributed by atoms with Gasteiger partial charge in [-0.3, -0.25) is 0 Å². The van der Waals surface area contributed by atoms with Crippen molar-refractivity contribution in [2.75, 3.05) is 11.9 Å². The van der Waals surface area contributed by atoms with E-state index < -0.39 is 0 Å². The SMILES string of the molecule is Cc1csc2c(NCC3(C)CCCCC3)ncnc12. The third-order valence-electron chi connectivity index (χ3n) is 4.27. The molecule has 0 radical (unpaired) electrons. The van der Waals surface area contributed by atoms with Gasteiger partial charge in [-0.1, -0.05) is 26.2 Å². The van der Waals surface area contributed by atoms with E-state index in [4.69, 9.17) is 0 Å². The van der Waals surface area contributed by atoms with E-state index in [9.17, 15) is 0 Å². The lowest BCUT2D eigenvalue weighted by molar-refractivity contribution is 0.233. The molecule has 0 saturated heterocycles. The molecule has 1 saturated carbocycles. The zero-order chi connectivity index (χ0) is 13.3. The van der Waals surface area contributed by atoms with Crippen LogP contribution in [0.15, 0.2) is 11.7 Å². The van der Waals surface area contributed by atoms with Crippen LogP contribution in [0, 0.1) is 12.3 Å². The first-order valence-corrected chi connectivity index (χ1v) is 7.99. The summed E-state index contributed by atoms with van der Waals surface area (Å²) in [6.45, 7) is 5.53. The molecule has 1 N–H and O–H groups in total. The highest BCUT2D eigenvalue weighted by molar-refractivity contribution is 7.18. The van der Waals surface area contributed by atoms with E-state index in [1.165, 1.54) is 42.4 Å². The summed E-state index contributed by atoms with van der Waals surface area (Å²) in [7, 11) is 0. The van der Waals surface area contributed by atoms with Gasteiger partial charge in [0.05, 0.1) is 10.2 Å². The van der Waals surface area contributed by atoms with Gasteiger partial charge in [-0.05, 0) is 36.1 Å². The van der Waals surface area contributed by atoms with Crippen LogP contribution in [-0.4, -0.2) is 16.5 Å². The molecular formula is C15H21N3S. The molecule has 0 atom stereocenters. The second-order valence-corrected chi connectivity index (χ2v) is 6.92. The van der Waals surface area contributed by atoms with Crippen molar-refractivity contribution in [1.82, 2.24) is 9.97 Å². The molecule has 0 bridgehead atoms. The number of anilines is 1. The normalized spacial score (nSPS) is 18.6. The van der Waals surface area contributed by atoms with Crippen LogP contribution in [0.2, 0.25) is 0 Å². The van der Waals surface area contributed by atoms with E-state index in [1.807, 2.05) is 0 Å². The van der Waals surface area contributed by atoms with Crippen molar-refractivity contribution in [3.8, 4) is 0 Å². The number of hydrogen-bond acceptors (Lipinski definition) is 4. The Labute approximate surface area is 118 Å². The zero-order valence-corrected chi connectivity index (χ0v) is 12.5. The third kappa shape index (κ3) is 2.59. The van der Waals surface area contributed by atoms with E-state index in [0.29, 0.717) is 5.41 Å². The molecule has 1 aliphatic carbocycles. The first-order valence-electron chi connectivity index (χ1n) is 7.11. The van der Waals surface area contributed by atoms with Crippen LogP contribution < -0.4 is 5.32 Å². The van der Waals surface area contributed by atoms with E-state index in [1.54, 1.807) is 17.7 Å². The number of thiophene rings is 1. The van der Waals surface area contributed by atoms with Crippen LogP contribution in [0.5, 0.6) is 0 Å². The molecule has 2 aromatic rings. The Morgan fingerprint density at radius 1 is 1.26 bits per heavy atom. The summed E-state index contributed by atoms with van der Waals surface area (Å²) in [5.74, 6) is 1.01. The maximum Gasteiger partial charge on any atom is 0.147 e. The zero-order valence-electron chi connectivity index (χ0n) is 11.7. The maximum atomic E-state index is 4.42. The molecule has 0 aromatic carbocycles. The highest BCUT2D eigenvalue weighted by Gasteiger charge is 2.26. The van der Waals surface area contributed by atoms with Crippen LogP contribution in [0.1, 0.15) is 44.6 Å². The second kappa shape index (κ2) is 5.08. The average molecular weight is 275 g/mol. The lowest BCUT2D eigenvalue weighted by Gasteiger charge is -2.33. The number of fused-ring (bicyclic) bond motifs is 1. The number of hydrogen-bond donors (Lipinski definition) is 1. The summed E-state index contributed by atoms with van der Waals surface area (Å²) in [5.41, 5.74) is 2.77. The Kier molecular flexibility index (Phi) is 3.44. The fourth-order valence-corrected chi connectivity index (χ4v) is 3.94. The average Bonchev–Trinajstić information content (AvgIpc) is 2.80. The summed E-state index contributed by atoms with van der Waals surface area (Å²) in [5, 5.41) is 5.73. The van der Waals surface area contributed by atoms with Crippen molar-refractivity contribution in [2.45, 2.75) is 46.0 Å². The molecular weight excluding hydrogens is 254 g/mol. The Morgan fingerprint density at radius 3 is 2.84 bits per heavy atom. The molecule has 19 heavy (non-hydrogen) atoms. The number of aromatic nitrogens is 2. The quantitative estimate of drug-likeness (QED) is 0.903. The highest BCUT2D eigenvalue weighted by Crippen LogP contribution is 2.36. The Bertz CT molecular complexity index is 570. The minimum absolute atomic E-state index is 0.432. The minimum Gasteiger partial charge on any atom is -0.368 e. The molecule has 0 amide bonds. The predicted molar refractivity (Wildman–Crippen MR) is 81.8 cm³/mol. The fourth-order valence-electron chi connectivity index (χ4n) is 2.97. The van der Waals surface area contributed by atoms with Crippen LogP contribution in [-0.2, 0) is 0 Å². The summed E-state index contributed by atoms with van der Waals surface area (Å²) < 4.78 is 1.19. The summed E-state index contributed by atoms with van der Waals surface area (Å²) in [6, 6.07) is 0. The molecule has 0 aliphatic heterocycles. The standard InChI is InChI=1S/C15H21N3S/c1-11-8-19-13-12(11)17-10-18-14(13)16-9-15(2)6-4-3-5-7-15/h8,10H,3-7,9H2,1-2H3,(H,16,17,18). The molecule has 3 nitrogen and oxygen atoms in total. The molecule has 1 aliphatic rings. The molecule has 0 unspecified atom stereocenters. The first-order chi connectivity index (χ1) is 9.18. The van der Waals surface area contributed by atoms with Gasteiger partial charge in [0, 0.05) is 6.54 Å². The molecule has 2 aromatic heterocycles. The summed E-state index contributed by atoms with van der Waals surface area (Å²) in [6.07, 6.45) is 8.48. The molecule has 1 fully saturated rings. The number of aryl methyl sites for hydroxylation is 1. The van der Waals surface area contributed by atoms with Gasteiger partial charge in [-0.25, -0.2) is 9.97 Å². The summed E-state index contributed by atoms with van der Waals surface area (Å²) in [4.78, 5) is 8.80. The largest absolute Gasteiger partial charge is 0.368 e. The van der Waals surface area contributed by atoms with E-state index in [2.05, 4.69) is 34.5 Å². The topological polar surface area (TPSA) is 37.8 Å². The lowest BCUT2D eigenvalue weighted by atomic mass is 9.76. The number of nitrogens with one attached hydrogen (secondary N) is 1. The van der Waals surface area contributed by atoms with Crippen molar-refractivity contribution < 1.29 is 0 Å². The van der Waals surface area contributed by atoms with E-state index in [-0.39, 0.29) is 0 Å². The molecule has 3 rings (SSSR count). The van der Waals surface area contributed by atoms with Gasteiger partial charge < -0.3 is 5.32 Å². The third-order valence-corrected chi connectivity index (χ3v) is 5.37. The fraction of sp³-hybridized carbons (Fsp3) is 0.600. The van der Waals surface area contributed by atoms with Crippen LogP contribution in [0.25, 0.3) is 10.2 Å². The maximum absolute atomic E-state index is 4.42. The number of nitrogens with zero attached hydrogens (tertiary/aromatic N) is 2. The van der Waals surface area contributed by atoms with E-state index in [0.717, 1.165) is 17.9 Å². The van der Waals surface area contributed by atoms with Gasteiger partial charge in [-0.15, -0.1) is 11.3 Å². The predicted octanol–water partition coefficient (Wildman–Crippen LogP) is 4.38. The van der Waals surface area contributed by atoms with Crippen LogP contribution in [0.4, 0.5) is 5.82 Å². The van der Waals surface area contributed by atoms with Gasteiger partial charge in [0.15, 0.2) is 0 Å². The van der Waals surface area contributed by atoms with Gasteiger partial charge in [0.1, 0.15) is 12.1 Å². The molecule has 102 valence electrons. The molecule has 2 heterocycles. The van der Waals surface area contributed by atoms with Gasteiger partial charge in [-0.2, -0.15) is 0 Å². The monoisotopic (exact) mass is 275 g/mol. The number of rotatable bonds is 3.